The van der Waals surface area contributed by atoms with Crippen LogP contribution in [0.1, 0.15) is 40.4 Å². The maximum atomic E-state index is 13.3. The second-order valence-electron chi connectivity index (χ2n) is 8.96. The highest BCUT2D eigenvalue weighted by atomic mass is 16.2. The summed E-state index contributed by atoms with van der Waals surface area (Å²) in [6.45, 7) is 4.70. The molecule has 1 N–H and O–H groups in total. The maximum absolute atomic E-state index is 13.3. The number of carbonyl (C=O) groups excluding carboxylic acids is 2. The van der Waals surface area contributed by atoms with Crippen molar-refractivity contribution < 1.29 is 9.59 Å². The van der Waals surface area contributed by atoms with Crippen LogP contribution in [-0.4, -0.2) is 58.9 Å². The Morgan fingerprint density at radius 2 is 1.84 bits per heavy atom. The number of piperidine rings is 1. The van der Waals surface area contributed by atoms with Crippen LogP contribution >= 0.6 is 0 Å². The minimum absolute atomic E-state index is 0.0506. The zero-order chi connectivity index (χ0) is 21.4. The van der Waals surface area contributed by atoms with E-state index < -0.39 is 0 Å². The summed E-state index contributed by atoms with van der Waals surface area (Å²) in [7, 11) is 0. The number of nitrogens with one attached hydrogen (secondary N) is 1. The molecule has 2 aromatic rings. The lowest BCUT2D eigenvalue weighted by Gasteiger charge is -2.43. The molecule has 162 valence electrons. The fourth-order valence-electron chi connectivity index (χ4n) is 5.32. The fourth-order valence-corrected chi connectivity index (χ4v) is 5.32. The predicted molar refractivity (Wildman–Crippen MR) is 117 cm³/mol. The van der Waals surface area contributed by atoms with Gasteiger partial charge in [-0.2, -0.15) is 0 Å². The van der Waals surface area contributed by atoms with Crippen LogP contribution in [0.15, 0.2) is 47.3 Å². The van der Waals surface area contributed by atoms with Gasteiger partial charge in [-0.15, -0.1) is 0 Å². The summed E-state index contributed by atoms with van der Waals surface area (Å²) in [6, 6.07) is 14.2. The van der Waals surface area contributed by atoms with Crippen molar-refractivity contribution >= 4 is 11.8 Å². The normalized spacial score (nSPS) is 23.6. The molecule has 0 aliphatic carbocycles. The van der Waals surface area contributed by atoms with Gasteiger partial charge in [0.1, 0.15) is 5.56 Å². The Morgan fingerprint density at radius 3 is 2.68 bits per heavy atom. The monoisotopic (exact) mass is 420 g/mol. The van der Waals surface area contributed by atoms with E-state index in [1.54, 1.807) is 11.0 Å². The number of likely N-dealkylation sites (tertiary alicyclic amines) is 1. The number of pyridine rings is 1. The third kappa shape index (κ3) is 4.02. The SMILES string of the molecule is O=C1CCN(C(=O)c2ccc3n(c2=O)C[C@H]2C[C@@H]3CN(Cc3ccccc3)C2)CCN1. The molecule has 0 spiro atoms. The molecule has 3 aliphatic rings. The van der Waals surface area contributed by atoms with Crippen molar-refractivity contribution in [2.75, 3.05) is 32.7 Å². The van der Waals surface area contributed by atoms with Gasteiger partial charge < -0.3 is 14.8 Å². The van der Waals surface area contributed by atoms with Gasteiger partial charge in [-0.05, 0) is 30.0 Å². The summed E-state index contributed by atoms with van der Waals surface area (Å²) in [4.78, 5) is 42.0. The van der Waals surface area contributed by atoms with Crippen molar-refractivity contribution in [3.63, 3.8) is 0 Å². The van der Waals surface area contributed by atoms with Crippen LogP contribution in [0.2, 0.25) is 0 Å². The quantitative estimate of drug-likeness (QED) is 0.815. The van der Waals surface area contributed by atoms with E-state index in [1.165, 1.54) is 5.56 Å². The zero-order valence-electron chi connectivity index (χ0n) is 17.6. The molecule has 1 aromatic heterocycles. The molecule has 3 aliphatic heterocycles. The molecule has 2 fully saturated rings. The summed E-state index contributed by atoms with van der Waals surface area (Å²) in [6.07, 6.45) is 1.37. The summed E-state index contributed by atoms with van der Waals surface area (Å²) in [5, 5.41) is 2.77. The topological polar surface area (TPSA) is 74.7 Å². The smallest absolute Gasteiger partial charge is 0.263 e. The van der Waals surface area contributed by atoms with Gasteiger partial charge in [0.05, 0.1) is 0 Å². The lowest BCUT2D eigenvalue weighted by atomic mass is 9.82. The number of aromatic nitrogens is 1. The Labute approximate surface area is 181 Å². The van der Waals surface area contributed by atoms with Crippen LogP contribution in [0, 0.1) is 5.92 Å². The van der Waals surface area contributed by atoms with E-state index >= 15 is 0 Å². The number of hydrogen-bond donors (Lipinski definition) is 1. The van der Waals surface area contributed by atoms with Crippen LogP contribution < -0.4 is 10.9 Å². The molecular formula is C24H28N4O3. The van der Waals surface area contributed by atoms with Crippen molar-refractivity contribution in [2.24, 2.45) is 5.92 Å². The number of fused-ring (bicyclic) bond motifs is 4. The maximum Gasteiger partial charge on any atom is 0.263 e. The van der Waals surface area contributed by atoms with E-state index in [4.69, 9.17) is 0 Å². The minimum atomic E-state index is -0.266. The first-order chi connectivity index (χ1) is 15.1. The molecule has 31 heavy (non-hydrogen) atoms. The van der Waals surface area contributed by atoms with Crippen molar-refractivity contribution in [1.29, 1.82) is 0 Å². The molecule has 2 bridgehead atoms. The second-order valence-corrected chi connectivity index (χ2v) is 8.96. The number of rotatable bonds is 3. The average Bonchev–Trinajstić information content (AvgIpc) is 2.99. The number of amides is 2. The number of nitrogens with zero attached hydrogens (tertiary/aromatic N) is 3. The molecule has 2 atom stereocenters. The number of hydrogen-bond acceptors (Lipinski definition) is 4. The molecule has 1 aromatic carbocycles. The first-order valence-corrected chi connectivity index (χ1v) is 11.1. The van der Waals surface area contributed by atoms with Gasteiger partial charge in [0, 0.05) is 63.8 Å². The van der Waals surface area contributed by atoms with E-state index in [2.05, 4.69) is 34.5 Å². The van der Waals surface area contributed by atoms with Gasteiger partial charge in [-0.3, -0.25) is 19.3 Å². The third-order valence-corrected chi connectivity index (χ3v) is 6.76. The Morgan fingerprint density at radius 1 is 1.00 bits per heavy atom. The Hall–Kier alpha value is -2.93. The largest absolute Gasteiger partial charge is 0.354 e. The Kier molecular flexibility index (Phi) is 5.36. The summed E-state index contributed by atoms with van der Waals surface area (Å²) >= 11 is 0. The highest BCUT2D eigenvalue weighted by Gasteiger charge is 2.35. The summed E-state index contributed by atoms with van der Waals surface area (Å²) in [5.41, 5.74) is 2.39. The van der Waals surface area contributed by atoms with Gasteiger partial charge in [0.25, 0.3) is 11.5 Å². The lowest BCUT2D eigenvalue weighted by Crippen LogP contribution is -2.48. The first kappa shape index (κ1) is 20.0. The highest BCUT2D eigenvalue weighted by Crippen LogP contribution is 2.35. The van der Waals surface area contributed by atoms with Crippen LogP contribution in [0.4, 0.5) is 0 Å². The molecule has 2 amide bonds. The van der Waals surface area contributed by atoms with Gasteiger partial charge in [0.2, 0.25) is 5.91 Å². The van der Waals surface area contributed by atoms with Gasteiger partial charge in [-0.25, -0.2) is 0 Å². The molecule has 0 unspecified atom stereocenters. The predicted octanol–water partition coefficient (Wildman–Crippen LogP) is 1.43. The molecule has 5 rings (SSSR count). The van der Waals surface area contributed by atoms with Crippen molar-refractivity contribution in [3.8, 4) is 0 Å². The standard InChI is InChI=1S/C24H28N4O3/c29-22-8-10-27(11-9-25-22)23(30)20-6-7-21-19-12-18(15-28(21)24(20)31)14-26(16-19)13-17-4-2-1-3-5-17/h1-7,18-19H,8-16H2,(H,25,29)/t18-,19+/m0/s1. The van der Waals surface area contributed by atoms with Crippen LogP contribution in [0.25, 0.3) is 0 Å². The van der Waals surface area contributed by atoms with E-state index in [0.29, 0.717) is 38.0 Å². The fraction of sp³-hybridized carbons (Fsp3) is 0.458. The van der Waals surface area contributed by atoms with Gasteiger partial charge in [0.15, 0.2) is 0 Å². The Bertz CT molecular complexity index is 1050. The number of carbonyl (C=O) groups is 2. The first-order valence-electron chi connectivity index (χ1n) is 11.1. The van der Waals surface area contributed by atoms with E-state index in [1.807, 2.05) is 16.7 Å². The lowest BCUT2D eigenvalue weighted by molar-refractivity contribution is -0.120. The molecular weight excluding hydrogens is 392 g/mol. The van der Waals surface area contributed by atoms with E-state index in [-0.39, 0.29) is 29.4 Å². The van der Waals surface area contributed by atoms with Gasteiger partial charge >= 0.3 is 0 Å². The van der Waals surface area contributed by atoms with E-state index in [0.717, 1.165) is 31.7 Å². The molecule has 2 saturated heterocycles. The second kappa shape index (κ2) is 8.30. The molecule has 7 nitrogen and oxygen atoms in total. The molecule has 4 heterocycles. The van der Waals surface area contributed by atoms with Crippen LogP contribution in [-0.2, 0) is 17.9 Å². The van der Waals surface area contributed by atoms with Crippen LogP contribution in [0.3, 0.4) is 0 Å². The minimum Gasteiger partial charge on any atom is -0.354 e. The Balaban J connectivity index is 1.36. The zero-order valence-corrected chi connectivity index (χ0v) is 17.6. The van der Waals surface area contributed by atoms with Gasteiger partial charge in [-0.1, -0.05) is 30.3 Å². The van der Waals surface area contributed by atoms with Crippen molar-refractivity contribution in [1.82, 2.24) is 19.7 Å². The third-order valence-electron chi connectivity index (χ3n) is 6.76. The number of benzene rings is 1. The average molecular weight is 421 g/mol. The van der Waals surface area contributed by atoms with E-state index in [9.17, 15) is 14.4 Å². The highest BCUT2D eigenvalue weighted by molar-refractivity contribution is 5.94. The molecule has 7 heteroatoms. The molecule has 0 radical (unpaired) electrons. The van der Waals surface area contributed by atoms with Crippen molar-refractivity contribution in [2.45, 2.75) is 31.8 Å². The summed E-state index contributed by atoms with van der Waals surface area (Å²) in [5.74, 6) is 0.412. The summed E-state index contributed by atoms with van der Waals surface area (Å²) < 4.78 is 1.84. The van der Waals surface area contributed by atoms with Crippen LogP contribution in [0.5, 0.6) is 0 Å². The van der Waals surface area contributed by atoms with Crippen molar-refractivity contribution in [3.05, 3.63) is 69.6 Å². The molecule has 0 saturated carbocycles.